The zero-order chi connectivity index (χ0) is 20.1. The Hall–Kier alpha value is -2.99. The van der Waals surface area contributed by atoms with Crippen molar-refractivity contribution in [3.63, 3.8) is 0 Å². The molecule has 3 aromatic heterocycles. The number of halogens is 1. The Bertz CT molecular complexity index is 982. The summed E-state index contributed by atoms with van der Waals surface area (Å²) in [5, 5.41) is 15.1. The summed E-state index contributed by atoms with van der Waals surface area (Å²) in [5.41, 5.74) is 3.57. The summed E-state index contributed by atoms with van der Waals surface area (Å²) in [4.78, 5) is 13.3. The van der Waals surface area contributed by atoms with Crippen molar-refractivity contribution in [2.24, 2.45) is 0 Å². The standard InChI is InChI=1S/C22H23ClN6/c23-19-14-27-22(28-17-8-6-16(24)7-9-17)11-18(19)20-4-1-5-21(29-20)26-13-15-3-2-10-25-12-15/h1-5,10-12,14,17,24H,6-9,13H2,(H,26,29)(H,27,28). The van der Waals surface area contributed by atoms with Gasteiger partial charge in [0.25, 0.3) is 0 Å². The highest BCUT2D eigenvalue weighted by Gasteiger charge is 2.17. The average molecular weight is 407 g/mol. The summed E-state index contributed by atoms with van der Waals surface area (Å²) in [7, 11) is 0. The molecule has 0 bridgehead atoms. The van der Waals surface area contributed by atoms with Gasteiger partial charge in [-0.15, -0.1) is 0 Å². The molecular weight excluding hydrogens is 384 g/mol. The minimum Gasteiger partial charge on any atom is -0.367 e. The molecule has 3 heterocycles. The molecule has 3 aromatic rings. The first-order valence-corrected chi connectivity index (χ1v) is 10.1. The second-order valence-corrected chi connectivity index (χ2v) is 7.60. The highest BCUT2D eigenvalue weighted by Crippen LogP contribution is 2.30. The van der Waals surface area contributed by atoms with Gasteiger partial charge in [0.1, 0.15) is 11.6 Å². The summed E-state index contributed by atoms with van der Waals surface area (Å²) in [6.45, 7) is 0.651. The van der Waals surface area contributed by atoms with Gasteiger partial charge in [0, 0.05) is 42.5 Å². The van der Waals surface area contributed by atoms with Crippen LogP contribution in [0.5, 0.6) is 0 Å². The third-order valence-electron chi connectivity index (χ3n) is 5.02. The lowest BCUT2D eigenvalue weighted by molar-refractivity contribution is 0.588. The van der Waals surface area contributed by atoms with E-state index in [0.29, 0.717) is 17.6 Å². The number of aromatic nitrogens is 3. The average Bonchev–Trinajstić information content (AvgIpc) is 2.76. The SMILES string of the molecule is N=C1CCC(Nc2cc(-c3cccc(NCc4cccnc4)n3)c(Cl)cn2)CC1. The van der Waals surface area contributed by atoms with E-state index in [9.17, 15) is 0 Å². The lowest BCUT2D eigenvalue weighted by Crippen LogP contribution is -2.26. The third-order valence-corrected chi connectivity index (χ3v) is 5.32. The molecule has 4 rings (SSSR count). The Balaban J connectivity index is 1.49. The predicted octanol–water partition coefficient (Wildman–Crippen LogP) is 5.18. The number of pyridine rings is 3. The molecule has 3 N–H and O–H groups in total. The maximum absolute atomic E-state index is 7.76. The number of nitrogens with zero attached hydrogens (tertiary/aromatic N) is 3. The summed E-state index contributed by atoms with van der Waals surface area (Å²) in [6, 6.07) is 12.1. The molecule has 1 fully saturated rings. The molecule has 0 aromatic carbocycles. The number of rotatable bonds is 6. The fourth-order valence-corrected chi connectivity index (χ4v) is 3.61. The van der Waals surface area contributed by atoms with Crippen molar-refractivity contribution < 1.29 is 0 Å². The van der Waals surface area contributed by atoms with Crippen LogP contribution in [0.25, 0.3) is 11.3 Å². The van der Waals surface area contributed by atoms with Crippen molar-refractivity contribution >= 4 is 28.9 Å². The van der Waals surface area contributed by atoms with Gasteiger partial charge in [-0.3, -0.25) is 4.98 Å². The first-order chi connectivity index (χ1) is 14.2. The molecule has 0 aliphatic heterocycles. The number of hydrogen-bond acceptors (Lipinski definition) is 6. The van der Waals surface area contributed by atoms with Crippen LogP contribution in [-0.4, -0.2) is 26.7 Å². The fraction of sp³-hybridized carbons (Fsp3) is 0.273. The van der Waals surface area contributed by atoms with Crippen molar-refractivity contribution in [2.75, 3.05) is 10.6 Å². The molecule has 6 nitrogen and oxygen atoms in total. The zero-order valence-corrected chi connectivity index (χ0v) is 16.8. The molecule has 0 spiro atoms. The lowest BCUT2D eigenvalue weighted by atomic mass is 9.94. The van der Waals surface area contributed by atoms with E-state index in [1.165, 1.54) is 0 Å². The molecule has 29 heavy (non-hydrogen) atoms. The predicted molar refractivity (Wildman–Crippen MR) is 118 cm³/mol. The van der Waals surface area contributed by atoms with Crippen LogP contribution in [-0.2, 0) is 6.54 Å². The Labute approximate surface area is 175 Å². The number of hydrogen-bond donors (Lipinski definition) is 3. The molecule has 0 radical (unpaired) electrons. The quantitative estimate of drug-likeness (QED) is 0.525. The van der Waals surface area contributed by atoms with Gasteiger partial charge in [-0.25, -0.2) is 9.97 Å². The smallest absolute Gasteiger partial charge is 0.126 e. The third kappa shape index (κ3) is 5.09. The molecule has 1 aliphatic carbocycles. The normalized spacial score (nSPS) is 16.4. The molecule has 7 heteroatoms. The van der Waals surface area contributed by atoms with Crippen LogP contribution >= 0.6 is 11.6 Å². The van der Waals surface area contributed by atoms with Crippen molar-refractivity contribution in [2.45, 2.75) is 38.3 Å². The monoisotopic (exact) mass is 406 g/mol. The largest absolute Gasteiger partial charge is 0.367 e. The highest BCUT2D eigenvalue weighted by molar-refractivity contribution is 6.33. The maximum Gasteiger partial charge on any atom is 0.126 e. The molecule has 0 saturated heterocycles. The van der Waals surface area contributed by atoms with Gasteiger partial charge in [-0.1, -0.05) is 23.7 Å². The van der Waals surface area contributed by atoms with Gasteiger partial charge in [0.2, 0.25) is 0 Å². The minimum absolute atomic E-state index is 0.339. The van der Waals surface area contributed by atoms with E-state index in [2.05, 4.69) is 20.6 Å². The molecule has 0 unspecified atom stereocenters. The first kappa shape index (κ1) is 19.3. The van der Waals surface area contributed by atoms with E-state index in [0.717, 1.165) is 59.9 Å². The molecule has 1 saturated carbocycles. The van der Waals surface area contributed by atoms with E-state index in [1.54, 1.807) is 12.4 Å². The summed E-state index contributed by atoms with van der Waals surface area (Å²) in [6.07, 6.45) is 8.89. The van der Waals surface area contributed by atoms with E-state index < -0.39 is 0 Å². The van der Waals surface area contributed by atoms with Crippen molar-refractivity contribution in [1.29, 1.82) is 5.41 Å². The molecule has 1 aliphatic rings. The van der Waals surface area contributed by atoms with Crippen LogP contribution in [0.2, 0.25) is 5.02 Å². The lowest BCUT2D eigenvalue weighted by Gasteiger charge is -2.24. The van der Waals surface area contributed by atoms with Gasteiger partial charge in [0.15, 0.2) is 0 Å². The minimum atomic E-state index is 0.339. The fourth-order valence-electron chi connectivity index (χ4n) is 3.41. The Morgan fingerprint density at radius 2 is 1.93 bits per heavy atom. The highest BCUT2D eigenvalue weighted by atomic mass is 35.5. The van der Waals surface area contributed by atoms with Crippen LogP contribution in [0.3, 0.4) is 0 Å². The number of nitrogens with one attached hydrogen (secondary N) is 3. The topological polar surface area (TPSA) is 86.6 Å². The van der Waals surface area contributed by atoms with Crippen molar-refractivity contribution in [3.8, 4) is 11.3 Å². The molecule has 0 atom stereocenters. The van der Waals surface area contributed by atoms with Crippen LogP contribution in [0.1, 0.15) is 31.2 Å². The van der Waals surface area contributed by atoms with E-state index in [1.807, 2.05) is 42.6 Å². The maximum atomic E-state index is 7.76. The Morgan fingerprint density at radius 1 is 1.07 bits per heavy atom. The Kier molecular flexibility index (Phi) is 6.00. The molecular formula is C22H23ClN6. The molecule has 148 valence electrons. The molecule has 0 amide bonds. The van der Waals surface area contributed by atoms with Crippen molar-refractivity contribution in [1.82, 2.24) is 15.0 Å². The first-order valence-electron chi connectivity index (χ1n) is 9.76. The van der Waals surface area contributed by atoms with E-state index >= 15 is 0 Å². The van der Waals surface area contributed by atoms with Gasteiger partial charge < -0.3 is 16.0 Å². The van der Waals surface area contributed by atoms with Gasteiger partial charge in [0.05, 0.1) is 10.7 Å². The summed E-state index contributed by atoms with van der Waals surface area (Å²) in [5.74, 6) is 1.57. The van der Waals surface area contributed by atoms with Crippen LogP contribution < -0.4 is 10.6 Å². The van der Waals surface area contributed by atoms with Gasteiger partial charge >= 0.3 is 0 Å². The summed E-state index contributed by atoms with van der Waals surface area (Å²) < 4.78 is 0. The van der Waals surface area contributed by atoms with E-state index in [-0.39, 0.29) is 0 Å². The Morgan fingerprint density at radius 3 is 2.72 bits per heavy atom. The van der Waals surface area contributed by atoms with E-state index in [4.69, 9.17) is 22.0 Å². The zero-order valence-electron chi connectivity index (χ0n) is 16.0. The van der Waals surface area contributed by atoms with Crippen LogP contribution in [0, 0.1) is 5.41 Å². The van der Waals surface area contributed by atoms with Crippen LogP contribution in [0.15, 0.2) is 55.0 Å². The van der Waals surface area contributed by atoms with Crippen molar-refractivity contribution in [3.05, 3.63) is 65.6 Å². The second kappa shape index (κ2) is 9.01. The summed E-state index contributed by atoms with van der Waals surface area (Å²) >= 11 is 6.43. The van der Waals surface area contributed by atoms with Crippen LogP contribution in [0.4, 0.5) is 11.6 Å². The number of anilines is 2. The second-order valence-electron chi connectivity index (χ2n) is 7.19. The van der Waals surface area contributed by atoms with Gasteiger partial charge in [-0.05, 0) is 55.5 Å². The van der Waals surface area contributed by atoms with Gasteiger partial charge in [-0.2, -0.15) is 0 Å².